The van der Waals surface area contributed by atoms with Gasteiger partial charge in [0.05, 0.1) is 6.10 Å². The lowest BCUT2D eigenvalue weighted by molar-refractivity contribution is 0.0897. The normalized spacial score (nSPS) is 45.5. The zero-order chi connectivity index (χ0) is 8.60. The van der Waals surface area contributed by atoms with E-state index in [9.17, 15) is 5.11 Å². The van der Waals surface area contributed by atoms with Gasteiger partial charge in [0.2, 0.25) is 0 Å². The maximum atomic E-state index is 9.68. The predicted octanol–water partition coefficient (Wildman–Crippen LogP) is 2.73. The topological polar surface area (TPSA) is 20.2 Å². The Labute approximate surface area is 75.2 Å². The molecule has 0 aromatic carbocycles. The summed E-state index contributed by atoms with van der Waals surface area (Å²) in [5.41, 5.74) is 0.619. The van der Waals surface area contributed by atoms with E-state index in [1.165, 1.54) is 38.5 Å². The van der Waals surface area contributed by atoms with Crippen LogP contribution < -0.4 is 0 Å². The molecule has 0 heterocycles. The molecule has 2 aliphatic rings. The first-order valence-corrected chi connectivity index (χ1v) is 5.46. The Morgan fingerprint density at radius 3 is 3.08 bits per heavy atom. The van der Waals surface area contributed by atoms with Gasteiger partial charge in [0.25, 0.3) is 0 Å². The van der Waals surface area contributed by atoms with Gasteiger partial charge in [0.15, 0.2) is 0 Å². The highest BCUT2D eigenvalue weighted by Crippen LogP contribution is 2.63. The van der Waals surface area contributed by atoms with Crippen molar-refractivity contribution >= 4 is 0 Å². The SMILES string of the molecule is CCCCC12CCCC(O)C1C2. The zero-order valence-electron chi connectivity index (χ0n) is 8.05. The molecule has 1 nitrogen and oxygen atoms in total. The van der Waals surface area contributed by atoms with E-state index < -0.39 is 0 Å². The quantitative estimate of drug-likeness (QED) is 0.687. The Hall–Kier alpha value is -0.0400. The molecule has 3 atom stereocenters. The minimum atomic E-state index is 0.0515. The van der Waals surface area contributed by atoms with E-state index in [0.29, 0.717) is 11.3 Å². The molecule has 2 fully saturated rings. The van der Waals surface area contributed by atoms with Gasteiger partial charge >= 0.3 is 0 Å². The number of aliphatic hydroxyl groups is 1. The van der Waals surface area contributed by atoms with E-state index in [2.05, 4.69) is 6.92 Å². The number of hydrogen-bond acceptors (Lipinski definition) is 1. The van der Waals surface area contributed by atoms with Gasteiger partial charge in [-0.25, -0.2) is 0 Å². The van der Waals surface area contributed by atoms with E-state index in [1.807, 2.05) is 0 Å². The molecule has 0 spiro atoms. The summed E-state index contributed by atoms with van der Waals surface area (Å²) >= 11 is 0. The molecule has 2 rings (SSSR count). The fourth-order valence-electron chi connectivity index (χ4n) is 3.02. The molecule has 0 saturated heterocycles. The second-order valence-corrected chi connectivity index (χ2v) is 4.74. The van der Waals surface area contributed by atoms with Gasteiger partial charge in [-0.3, -0.25) is 0 Å². The van der Waals surface area contributed by atoms with Crippen LogP contribution in [0.5, 0.6) is 0 Å². The summed E-state index contributed by atoms with van der Waals surface area (Å²) < 4.78 is 0. The third-order valence-corrected chi connectivity index (χ3v) is 3.92. The third kappa shape index (κ3) is 1.28. The molecule has 1 heteroatoms. The largest absolute Gasteiger partial charge is 0.393 e. The lowest BCUT2D eigenvalue weighted by Crippen LogP contribution is -2.21. The van der Waals surface area contributed by atoms with Gasteiger partial charge in [-0.2, -0.15) is 0 Å². The lowest BCUT2D eigenvalue weighted by atomic mass is 9.83. The molecule has 0 aliphatic heterocycles. The van der Waals surface area contributed by atoms with Crippen LogP contribution in [0.3, 0.4) is 0 Å². The second-order valence-electron chi connectivity index (χ2n) is 4.74. The van der Waals surface area contributed by atoms with Crippen molar-refractivity contribution in [1.29, 1.82) is 0 Å². The Bertz CT molecular complexity index is 166. The molecule has 1 N–H and O–H groups in total. The Morgan fingerprint density at radius 2 is 2.33 bits per heavy atom. The average Bonchev–Trinajstić information content (AvgIpc) is 2.78. The van der Waals surface area contributed by atoms with Crippen molar-refractivity contribution in [3.05, 3.63) is 0 Å². The van der Waals surface area contributed by atoms with Gasteiger partial charge in [0.1, 0.15) is 0 Å². The summed E-state index contributed by atoms with van der Waals surface area (Å²) in [5, 5.41) is 9.68. The standard InChI is InChI=1S/C11H20O/c1-2-3-6-11-7-4-5-10(12)9(11)8-11/h9-10,12H,2-8H2,1H3. The summed E-state index contributed by atoms with van der Waals surface area (Å²) in [6.45, 7) is 2.26. The van der Waals surface area contributed by atoms with Crippen LogP contribution in [0.25, 0.3) is 0 Å². The van der Waals surface area contributed by atoms with E-state index in [1.54, 1.807) is 0 Å². The summed E-state index contributed by atoms with van der Waals surface area (Å²) in [6, 6.07) is 0. The minimum Gasteiger partial charge on any atom is -0.393 e. The van der Waals surface area contributed by atoms with Crippen molar-refractivity contribution < 1.29 is 5.11 Å². The van der Waals surface area contributed by atoms with E-state index in [-0.39, 0.29) is 6.10 Å². The predicted molar refractivity (Wildman–Crippen MR) is 49.9 cm³/mol. The molecule has 12 heavy (non-hydrogen) atoms. The second kappa shape index (κ2) is 3.02. The first kappa shape index (κ1) is 8.55. The monoisotopic (exact) mass is 168 g/mol. The summed E-state index contributed by atoms with van der Waals surface area (Å²) in [5.74, 6) is 0.692. The molecule has 3 unspecified atom stereocenters. The van der Waals surface area contributed by atoms with Crippen LogP contribution >= 0.6 is 0 Å². The molecule has 0 amide bonds. The fraction of sp³-hybridized carbons (Fsp3) is 1.00. The van der Waals surface area contributed by atoms with Gasteiger partial charge in [-0.1, -0.05) is 26.2 Å². The Balaban J connectivity index is 1.88. The van der Waals surface area contributed by atoms with Crippen molar-refractivity contribution in [1.82, 2.24) is 0 Å². The highest BCUT2D eigenvalue weighted by atomic mass is 16.3. The van der Waals surface area contributed by atoms with Gasteiger partial charge < -0.3 is 5.11 Å². The highest BCUT2D eigenvalue weighted by Gasteiger charge is 2.57. The maximum absolute atomic E-state index is 9.68. The molecule has 0 radical (unpaired) electrons. The van der Waals surface area contributed by atoms with Crippen LogP contribution in [-0.2, 0) is 0 Å². The fourth-order valence-corrected chi connectivity index (χ4v) is 3.02. The van der Waals surface area contributed by atoms with Crippen LogP contribution in [0.4, 0.5) is 0 Å². The molecule has 2 saturated carbocycles. The van der Waals surface area contributed by atoms with E-state index in [4.69, 9.17) is 0 Å². The van der Waals surface area contributed by atoms with Gasteiger partial charge in [-0.15, -0.1) is 0 Å². The maximum Gasteiger partial charge on any atom is 0.0573 e. The first-order chi connectivity index (χ1) is 5.78. The number of rotatable bonds is 3. The van der Waals surface area contributed by atoms with Crippen LogP contribution in [0.2, 0.25) is 0 Å². The average molecular weight is 168 g/mol. The van der Waals surface area contributed by atoms with Crippen molar-refractivity contribution in [2.75, 3.05) is 0 Å². The van der Waals surface area contributed by atoms with Crippen LogP contribution in [0.15, 0.2) is 0 Å². The molecular formula is C11H20O. The van der Waals surface area contributed by atoms with Crippen molar-refractivity contribution in [3.8, 4) is 0 Å². The number of fused-ring (bicyclic) bond motifs is 1. The molecular weight excluding hydrogens is 148 g/mol. The van der Waals surface area contributed by atoms with Crippen molar-refractivity contribution in [2.45, 2.75) is 58.0 Å². The van der Waals surface area contributed by atoms with Gasteiger partial charge in [0, 0.05) is 0 Å². The van der Waals surface area contributed by atoms with Crippen molar-refractivity contribution in [2.24, 2.45) is 11.3 Å². The number of aliphatic hydroxyl groups excluding tert-OH is 1. The summed E-state index contributed by atoms with van der Waals surface area (Å²) in [7, 11) is 0. The third-order valence-electron chi connectivity index (χ3n) is 3.92. The summed E-state index contributed by atoms with van der Waals surface area (Å²) in [6.07, 6.45) is 9.16. The van der Waals surface area contributed by atoms with E-state index >= 15 is 0 Å². The number of hydrogen-bond donors (Lipinski definition) is 1. The Morgan fingerprint density at radius 1 is 1.50 bits per heavy atom. The molecule has 2 aliphatic carbocycles. The molecule has 0 aromatic heterocycles. The number of unbranched alkanes of at least 4 members (excludes halogenated alkanes) is 1. The van der Waals surface area contributed by atoms with Crippen molar-refractivity contribution in [3.63, 3.8) is 0 Å². The zero-order valence-corrected chi connectivity index (χ0v) is 8.05. The highest BCUT2D eigenvalue weighted by molar-refractivity contribution is 5.07. The molecule has 70 valence electrons. The van der Waals surface area contributed by atoms with Crippen LogP contribution in [0.1, 0.15) is 51.9 Å². The molecule has 0 aromatic rings. The lowest BCUT2D eigenvalue weighted by Gasteiger charge is -2.25. The van der Waals surface area contributed by atoms with Crippen LogP contribution in [-0.4, -0.2) is 11.2 Å². The van der Waals surface area contributed by atoms with Gasteiger partial charge in [-0.05, 0) is 37.0 Å². The molecule has 0 bridgehead atoms. The van der Waals surface area contributed by atoms with E-state index in [0.717, 1.165) is 6.42 Å². The smallest absolute Gasteiger partial charge is 0.0573 e. The summed E-state index contributed by atoms with van der Waals surface area (Å²) in [4.78, 5) is 0. The Kier molecular flexibility index (Phi) is 2.16. The minimum absolute atomic E-state index is 0.0515. The van der Waals surface area contributed by atoms with Crippen LogP contribution in [0, 0.1) is 11.3 Å². The first-order valence-electron chi connectivity index (χ1n) is 5.46.